The first kappa shape index (κ1) is 12.9. The van der Waals surface area contributed by atoms with Crippen LogP contribution in [0.1, 0.15) is 11.1 Å². The van der Waals surface area contributed by atoms with E-state index in [0.717, 1.165) is 6.07 Å². The molecule has 92 valence electrons. The zero-order valence-electron chi connectivity index (χ0n) is 9.52. The van der Waals surface area contributed by atoms with Gasteiger partial charge in [0.05, 0.1) is 16.1 Å². The molecule has 0 aromatic heterocycles. The van der Waals surface area contributed by atoms with Gasteiger partial charge in [0.15, 0.2) is 0 Å². The molecule has 0 spiro atoms. The van der Waals surface area contributed by atoms with Gasteiger partial charge in [0, 0.05) is 12.1 Å². The monoisotopic (exact) mass is 272 g/mol. The Hall–Kier alpha value is -2.56. The average molecular weight is 273 g/mol. The van der Waals surface area contributed by atoms with E-state index in [2.05, 4.69) is 0 Å². The minimum atomic E-state index is -0.653. The number of nitrogens with zero attached hydrogens (tertiary/aromatic N) is 2. The van der Waals surface area contributed by atoms with Gasteiger partial charge in [-0.25, -0.2) is 4.39 Å². The first-order chi connectivity index (χ1) is 9.13. The molecule has 0 bridgehead atoms. The van der Waals surface area contributed by atoms with Crippen molar-refractivity contribution in [2.45, 2.75) is 0 Å². The van der Waals surface area contributed by atoms with Crippen LogP contribution in [-0.4, -0.2) is 0 Å². The van der Waals surface area contributed by atoms with Crippen molar-refractivity contribution in [3.63, 3.8) is 0 Å². The molecular formula is C14H6ClFN2O. The number of halogens is 2. The van der Waals surface area contributed by atoms with Gasteiger partial charge in [0.2, 0.25) is 0 Å². The van der Waals surface area contributed by atoms with Crippen LogP contribution in [0.3, 0.4) is 0 Å². The van der Waals surface area contributed by atoms with Crippen molar-refractivity contribution in [1.29, 1.82) is 10.5 Å². The van der Waals surface area contributed by atoms with E-state index in [9.17, 15) is 4.39 Å². The lowest BCUT2D eigenvalue weighted by molar-refractivity contribution is 0.476. The third-order valence-electron chi connectivity index (χ3n) is 2.36. The molecule has 0 aliphatic rings. The summed E-state index contributed by atoms with van der Waals surface area (Å²) in [6.07, 6.45) is 0. The summed E-state index contributed by atoms with van der Waals surface area (Å²) in [5.74, 6) is -0.0230. The second kappa shape index (κ2) is 5.39. The molecule has 2 aromatic carbocycles. The number of nitriles is 2. The van der Waals surface area contributed by atoms with Crippen LogP contribution in [0.4, 0.5) is 4.39 Å². The van der Waals surface area contributed by atoms with E-state index in [1.165, 1.54) is 24.3 Å². The summed E-state index contributed by atoms with van der Waals surface area (Å²) in [5.41, 5.74) is 0.283. The Morgan fingerprint density at radius 2 is 1.53 bits per heavy atom. The van der Waals surface area contributed by atoms with E-state index in [1.807, 2.05) is 6.07 Å². The number of benzene rings is 2. The summed E-state index contributed by atoms with van der Waals surface area (Å²) in [6, 6.07) is 12.1. The normalized spacial score (nSPS) is 9.47. The van der Waals surface area contributed by atoms with Gasteiger partial charge >= 0.3 is 0 Å². The highest BCUT2D eigenvalue weighted by Crippen LogP contribution is 2.27. The number of hydrogen-bond acceptors (Lipinski definition) is 3. The molecule has 0 fully saturated rings. The maximum Gasteiger partial charge on any atom is 0.144 e. The number of hydrogen-bond donors (Lipinski definition) is 0. The Kier molecular flexibility index (Phi) is 3.66. The minimum absolute atomic E-state index is 0.0507. The highest BCUT2D eigenvalue weighted by Gasteiger charge is 2.06. The fraction of sp³-hybridized carbons (Fsp3) is 0. The Labute approximate surface area is 114 Å². The molecular weight excluding hydrogens is 267 g/mol. The molecule has 0 saturated carbocycles. The predicted molar refractivity (Wildman–Crippen MR) is 67.4 cm³/mol. The van der Waals surface area contributed by atoms with Crippen LogP contribution in [0.25, 0.3) is 0 Å². The Bertz CT molecular complexity index is 655. The lowest BCUT2D eigenvalue weighted by Crippen LogP contribution is -1.89. The van der Waals surface area contributed by atoms with Crippen molar-refractivity contribution in [3.8, 4) is 23.6 Å². The number of ether oxygens (including phenoxy) is 1. The fourth-order valence-corrected chi connectivity index (χ4v) is 1.65. The van der Waals surface area contributed by atoms with Crippen LogP contribution in [0.15, 0.2) is 36.4 Å². The molecule has 5 heteroatoms. The van der Waals surface area contributed by atoms with E-state index in [0.29, 0.717) is 11.3 Å². The molecule has 0 aliphatic heterocycles. The fourth-order valence-electron chi connectivity index (χ4n) is 1.44. The average Bonchev–Trinajstić information content (AvgIpc) is 2.39. The molecule has 0 saturated heterocycles. The van der Waals surface area contributed by atoms with Crippen LogP contribution >= 0.6 is 11.6 Å². The lowest BCUT2D eigenvalue weighted by Gasteiger charge is -2.07. The number of rotatable bonds is 2. The van der Waals surface area contributed by atoms with Crippen LogP contribution in [-0.2, 0) is 0 Å². The lowest BCUT2D eigenvalue weighted by atomic mass is 10.2. The second-order valence-corrected chi connectivity index (χ2v) is 4.02. The maximum absolute atomic E-state index is 13.4. The van der Waals surface area contributed by atoms with Gasteiger partial charge in [-0.05, 0) is 24.3 Å². The van der Waals surface area contributed by atoms with Crippen molar-refractivity contribution in [2.75, 3.05) is 0 Å². The van der Waals surface area contributed by atoms with Crippen LogP contribution in [0.5, 0.6) is 11.5 Å². The van der Waals surface area contributed by atoms with Crippen molar-refractivity contribution in [3.05, 3.63) is 58.4 Å². The van der Waals surface area contributed by atoms with E-state index in [1.54, 1.807) is 12.1 Å². The molecule has 0 N–H and O–H groups in total. The van der Waals surface area contributed by atoms with Gasteiger partial charge in [-0.2, -0.15) is 10.5 Å². The van der Waals surface area contributed by atoms with Crippen LogP contribution < -0.4 is 4.74 Å². The predicted octanol–water partition coefficient (Wildman–Crippen LogP) is 4.01. The van der Waals surface area contributed by atoms with Gasteiger partial charge in [-0.15, -0.1) is 0 Å². The van der Waals surface area contributed by atoms with Crippen molar-refractivity contribution >= 4 is 11.6 Å². The topological polar surface area (TPSA) is 56.8 Å². The molecule has 0 aliphatic carbocycles. The molecule has 3 nitrogen and oxygen atoms in total. The minimum Gasteiger partial charge on any atom is -0.457 e. The summed E-state index contributed by atoms with van der Waals surface area (Å²) in [6.45, 7) is 0. The zero-order valence-corrected chi connectivity index (χ0v) is 10.3. The first-order valence-corrected chi connectivity index (χ1v) is 5.59. The smallest absolute Gasteiger partial charge is 0.144 e. The van der Waals surface area contributed by atoms with Gasteiger partial charge in [0.1, 0.15) is 29.5 Å². The summed E-state index contributed by atoms with van der Waals surface area (Å²) >= 11 is 5.86. The summed E-state index contributed by atoms with van der Waals surface area (Å²) in [5, 5.41) is 17.6. The van der Waals surface area contributed by atoms with Crippen LogP contribution in [0.2, 0.25) is 5.02 Å². The summed E-state index contributed by atoms with van der Waals surface area (Å²) < 4.78 is 18.8. The van der Waals surface area contributed by atoms with Gasteiger partial charge in [-0.1, -0.05) is 11.6 Å². The SMILES string of the molecule is N#Cc1ccc(Oc2ccc(C#N)c(Cl)c2)cc1F. The van der Waals surface area contributed by atoms with Gasteiger partial charge in [0.25, 0.3) is 0 Å². The second-order valence-electron chi connectivity index (χ2n) is 3.61. The molecule has 0 heterocycles. The van der Waals surface area contributed by atoms with Crippen molar-refractivity contribution in [2.24, 2.45) is 0 Å². The van der Waals surface area contributed by atoms with E-state index >= 15 is 0 Å². The Morgan fingerprint density at radius 3 is 2.05 bits per heavy atom. The molecule has 19 heavy (non-hydrogen) atoms. The Morgan fingerprint density at radius 1 is 0.947 bits per heavy atom. The van der Waals surface area contributed by atoms with E-state index < -0.39 is 5.82 Å². The standard InChI is InChI=1S/C14H6ClFN2O/c15-13-5-11(3-1-9(13)7-17)19-12-4-2-10(8-18)14(16)6-12/h1-6H. The van der Waals surface area contributed by atoms with Gasteiger partial charge in [-0.3, -0.25) is 0 Å². The zero-order chi connectivity index (χ0) is 13.8. The molecule has 0 amide bonds. The van der Waals surface area contributed by atoms with Crippen molar-refractivity contribution < 1.29 is 9.13 Å². The quantitative estimate of drug-likeness (QED) is 0.830. The molecule has 2 rings (SSSR count). The summed E-state index contributed by atoms with van der Waals surface area (Å²) in [4.78, 5) is 0. The van der Waals surface area contributed by atoms with Crippen molar-refractivity contribution in [1.82, 2.24) is 0 Å². The first-order valence-electron chi connectivity index (χ1n) is 5.21. The molecule has 0 atom stereocenters. The molecule has 2 aromatic rings. The third-order valence-corrected chi connectivity index (χ3v) is 2.67. The molecule has 0 radical (unpaired) electrons. The third kappa shape index (κ3) is 2.82. The highest BCUT2D eigenvalue weighted by atomic mass is 35.5. The largest absolute Gasteiger partial charge is 0.457 e. The molecule has 0 unspecified atom stereocenters. The summed E-state index contributed by atoms with van der Waals surface area (Å²) in [7, 11) is 0. The maximum atomic E-state index is 13.4. The highest BCUT2D eigenvalue weighted by molar-refractivity contribution is 6.31. The van der Waals surface area contributed by atoms with Crippen LogP contribution in [0, 0.1) is 28.5 Å². The van der Waals surface area contributed by atoms with E-state index in [-0.39, 0.29) is 16.3 Å². The van der Waals surface area contributed by atoms with Gasteiger partial charge < -0.3 is 4.74 Å². The Balaban J connectivity index is 2.27. The van der Waals surface area contributed by atoms with E-state index in [4.69, 9.17) is 26.9 Å².